The van der Waals surface area contributed by atoms with Crippen LogP contribution in [0, 0.1) is 30.1 Å². The first-order valence-corrected chi connectivity index (χ1v) is 3.20. The number of aromatic amines is 1. The first kappa shape index (κ1) is 7.37. The van der Waals surface area contributed by atoms with Crippen molar-refractivity contribution < 1.29 is 0 Å². The van der Waals surface area contributed by atoms with Gasteiger partial charge in [0, 0.05) is 0 Å². The van der Waals surface area contributed by atoms with Gasteiger partial charge in [0.1, 0.15) is 11.5 Å². The Kier molecular flexibility index (Phi) is 2.30. The van der Waals surface area contributed by atoms with Crippen LogP contribution in [0.2, 0.25) is 0 Å². The Morgan fingerprint density at radius 3 is 3.09 bits per heavy atom. The number of aryl methyl sites for hydroxylation is 1. The molecular formula is C8H7N3. The first-order chi connectivity index (χ1) is 5.33. The molecule has 1 N–H and O–H groups in total. The molecule has 0 aromatic carbocycles. The van der Waals surface area contributed by atoms with E-state index < -0.39 is 0 Å². The normalized spacial score (nSPS) is 8.00. The lowest BCUT2D eigenvalue weighted by Gasteiger charge is -1.76. The van der Waals surface area contributed by atoms with Gasteiger partial charge < -0.3 is 4.98 Å². The van der Waals surface area contributed by atoms with Crippen LogP contribution in [0.25, 0.3) is 0 Å². The van der Waals surface area contributed by atoms with Crippen LogP contribution in [-0.4, -0.2) is 9.97 Å². The highest BCUT2D eigenvalue weighted by atomic mass is 14.9. The number of H-pyrrole nitrogens is 1. The molecule has 0 unspecified atom stereocenters. The second-order valence-electron chi connectivity index (χ2n) is 2.02. The molecule has 3 nitrogen and oxygen atoms in total. The monoisotopic (exact) mass is 145 g/mol. The van der Waals surface area contributed by atoms with E-state index in [1.165, 1.54) is 0 Å². The standard InChI is InChI=1S/C8H7N3/c1-7-10-6-8(11-7)4-2-3-5-9/h6H,3H2,1H3,(H,10,11). The van der Waals surface area contributed by atoms with Gasteiger partial charge in [0.05, 0.1) is 18.7 Å². The molecule has 1 heterocycles. The second-order valence-corrected chi connectivity index (χ2v) is 2.02. The summed E-state index contributed by atoms with van der Waals surface area (Å²) in [6.07, 6.45) is 1.91. The fraction of sp³-hybridized carbons (Fsp3) is 0.250. The maximum absolute atomic E-state index is 8.17. The number of rotatable bonds is 0. The van der Waals surface area contributed by atoms with E-state index in [1.807, 2.05) is 13.0 Å². The Bertz CT molecular complexity index is 332. The van der Waals surface area contributed by atoms with Gasteiger partial charge in [-0.2, -0.15) is 5.26 Å². The maximum atomic E-state index is 8.17. The van der Waals surface area contributed by atoms with Gasteiger partial charge in [0.2, 0.25) is 0 Å². The third kappa shape index (κ3) is 2.15. The van der Waals surface area contributed by atoms with Gasteiger partial charge in [-0.3, -0.25) is 0 Å². The van der Waals surface area contributed by atoms with E-state index >= 15 is 0 Å². The number of hydrogen-bond donors (Lipinski definition) is 1. The van der Waals surface area contributed by atoms with Gasteiger partial charge in [-0.15, -0.1) is 0 Å². The first-order valence-electron chi connectivity index (χ1n) is 3.20. The molecule has 11 heavy (non-hydrogen) atoms. The van der Waals surface area contributed by atoms with Crippen LogP contribution in [0.3, 0.4) is 0 Å². The highest BCUT2D eigenvalue weighted by Gasteiger charge is 1.88. The van der Waals surface area contributed by atoms with Crippen LogP contribution in [0.15, 0.2) is 6.20 Å². The maximum Gasteiger partial charge on any atom is 0.109 e. The molecule has 0 radical (unpaired) electrons. The number of nitrogens with one attached hydrogen (secondary N) is 1. The van der Waals surface area contributed by atoms with Crippen LogP contribution in [-0.2, 0) is 0 Å². The summed E-state index contributed by atoms with van der Waals surface area (Å²) in [5.41, 5.74) is 0.762. The van der Waals surface area contributed by atoms with Crippen LogP contribution in [0.5, 0.6) is 0 Å². The molecule has 54 valence electrons. The van der Waals surface area contributed by atoms with Gasteiger partial charge in [0.15, 0.2) is 0 Å². The zero-order chi connectivity index (χ0) is 8.10. The minimum Gasteiger partial charge on any atom is -0.336 e. The van der Waals surface area contributed by atoms with E-state index in [1.54, 1.807) is 6.20 Å². The summed E-state index contributed by atoms with van der Waals surface area (Å²) < 4.78 is 0. The molecule has 0 saturated carbocycles. The summed E-state index contributed by atoms with van der Waals surface area (Å²) in [4.78, 5) is 6.90. The molecule has 0 aliphatic rings. The molecule has 0 aliphatic carbocycles. The van der Waals surface area contributed by atoms with Gasteiger partial charge >= 0.3 is 0 Å². The van der Waals surface area contributed by atoms with Crippen LogP contribution < -0.4 is 0 Å². The van der Waals surface area contributed by atoms with Crippen molar-refractivity contribution in [1.82, 2.24) is 9.97 Å². The van der Waals surface area contributed by atoms with Gasteiger partial charge in [-0.25, -0.2) is 4.98 Å². The zero-order valence-corrected chi connectivity index (χ0v) is 6.18. The van der Waals surface area contributed by atoms with Crippen LogP contribution in [0.1, 0.15) is 17.9 Å². The van der Waals surface area contributed by atoms with Gasteiger partial charge in [0.25, 0.3) is 0 Å². The summed E-state index contributed by atoms with van der Waals surface area (Å²) in [6, 6.07) is 1.94. The lowest BCUT2D eigenvalue weighted by molar-refractivity contribution is 1.14. The Labute approximate surface area is 65.1 Å². The Morgan fingerprint density at radius 1 is 1.73 bits per heavy atom. The summed E-state index contributed by atoms with van der Waals surface area (Å²) in [5, 5.41) is 8.17. The molecule has 0 saturated heterocycles. The molecule has 1 aromatic rings. The molecule has 0 aliphatic heterocycles. The van der Waals surface area contributed by atoms with E-state index in [0.717, 1.165) is 11.5 Å². The lowest BCUT2D eigenvalue weighted by atomic mass is 10.4. The van der Waals surface area contributed by atoms with Crippen molar-refractivity contribution in [2.75, 3.05) is 0 Å². The fourth-order valence-electron chi connectivity index (χ4n) is 0.663. The van der Waals surface area contributed by atoms with Crippen molar-refractivity contribution in [2.24, 2.45) is 0 Å². The molecule has 3 heteroatoms. The summed E-state index contributed by atoms with van der Waals surface area (Å²) in [7, 11) is 0. The quantitative estimate of drug-likeness (QED) is 0.553. The SMILES string of the molecule is Cc1ncc(C#CCC#N)[nH]1. The molecule has 0 fully saturated rings. The van der Waals surface area contributed by atoms with E-state index in [0.29, 0.717) is 0 Å². The summed E-state index contributed by atoms with van der Waals surface area (Å²) in [5.74, 6) is 6.30. The van der Waals surface area contributed by atoms with Crippen molar-refractivity contribution in [3.8, 4) is 17.9 Å². The number of aromatic nitrogens is 2. The minimum atomic E-state index is 0.262. The Balaban J connectivity index is 2.68. The average Bonchev–Trinajstić information content (AvgIpc) is 2.37. The number of imidazole rings is 1. The second kappa shape index (κ2) is 3.43. The van der Waals surface area contributed by atoms with Crippen molar-refractivity contribution in [1.29, 1.82) is 5.26 Å². The molecule has 1 rings (SSSR count). The largest absolute Gasteiger partial charge is 0.336 e. The molecule has 0 bridgehead atoms. The van der Waals surface area contributed by atoms with Gasteiger partial charge in [-0.05, 0) is 12.8 Å². The van der Waals surface area contributed by atoms with Crippen molar-refractivity contribution >= 4 is 0 Å². The Morgan fingerprint density at radius 2 is 2.55 bits per heavy atom. The van der Waals surface area contributed by atoms with Crippen LogP contribution in [0.4, 0.5) is 0 Å². The number of nitrogens with zero attached hydrogens (tertiary/aromatic N) is 2. The number of nitriles is 1. The van der Waals surface area contributed by atoms with Crippen LogP contribution >= 0.6 is 0 Å². The number of hydrogen-bond acceptors (Lipinski definition) is 2. The van der Waals surface area contributed by atoms with E-state index in [4.69, 9.17) is 5.26 Å². The smallest absolute Gasteiger partial charge is 0.109 e. The zero-order valence-electron chi connectivity index (χ0n) is 6.18. The molecule has 0 spiro atoms. The summed E-state index contributed by atoms with van der Waals surface area (Å²) >= 11 is 0. The fourth-order valence-corrected chi connectivity index (χ4v) is 0.663. The van der Waals surface area contributed by atoms with E-state index in [2.05, 4.69) is 21.8 Å². The topological polar surface area (TPSA) is 52.5 Å². The average molecular weight is 145 g/mol. The lowest BCUT2D eigenvalue weighted by Crippen LogP contribution is -1.73. The van der Waals surface area contributed by atoms with Gasteiger partial charge in [-0.1, -0.05) is 5.92 Å². The predicted molar refractivity (Wildman–Crippen MR) is 40.4 cm³/mol. The third-order valence-electron chi connectivity index (χ3n) is 1.09. The summed E-state index contributed by atoms with van der Waals surface area (Å²) in [6.45, 7) is 1.86. The molecule has 0 amide bonds. The molecular weight excluding hydrogens is 138 g/mol. The van der Waals surface area contributed by atoms with Crippen molar-refractivity contribution in [2.45, 2.75) is 13.3 Å². The predicted octanol–water partition coefficient (Wildman–Crippen LogP) is 0.983. The van der Waals surface area contributed by atoms with Crippen molar-refractivity contribution in [3.05, 3.63) is 17.7 Å². The van der Waals surface area contributed by atoms with E-state index in [-0.39, 0.29) is 6.42 Å². The molecule has 1 aromatic heterocycles. The third-order valence-corrected chi connectivity index (χ3v) is 1.09. The highest BCUT2D eigenvalue weighted by Crippen LogP contribution is 1.91. The van der Waals surface area contributed by atoms with E-state index in [9.17, 15) is 0 Å². The Hall–Kier alpha value is -1.74. The minimum absolute atomic E-state index is 0.262. The van der Waals surface area contributed by atoms with Crippen molar-refractivity contribution in [3.63, 3.8) is 0 Å². The molecule has 0 atom stereocenters. The highest BCUT2D eigenvalue weighted by molar-refractivity contribution is 5.26.